The van der Waals surface area contributed by atoms with Crippen LogP contribution in [0.25, 0.3) is 0 Å². The molecule has 0 atom stereocenters. The number of carbonyl (C=O) groups excluding carboxylic acids is 1. The molecule has 0 radical (unpaired) electrons. The van der Waals surface area contributed by atoms with Crippen molar-refractivity contribution in [2.45, 2.75) is 6.54 Å². The van der Waals surface area contributed by atoms with Crippen molar-refractivity contribution in [2.75, 3.05) is 5.32 Å². The van der Waals surface area contributed by atoms with Crippen LogP contribution in [-0.2, 0) is 6.54 Å². The van der Waals surface area contributed by atoms with E-state index in [2.05, 4.69) is 37.2 Å². The van der Waals surface area contributed by atoms with Crippen LogP contribution in [0.1, 0.15) is 15.9 Å². The standard InChI is InChI=1S/C14H12Br2N2O/c15-11-5-10(6-12(16)7-11)14(19)18-13-4-2-1-3-9(13)8-17/h1-7H,8,17H2,(H,18,19). The van der Waals surface area contributed by atoms with Gasteiger partial charge in [0.1, 0.15) is 0 Å². The molecule has 98 valence electrons. The SMILES string of the molecule is NCc1ccccc1NC(=O)c1cc(Br)cc(Br)c1. The average molecular weight is 384 g/mol. The van der Waals surface area contributed by atoms with E-state index >= 15 is 0 Å². The van der Waals surface area contributed by atoms with E-state index in [1.165, 1.54) is 0 Å². The van der Waals surface area contributed by atoms with Gasteiger partial charge in [-0.25, -0.2) is 0 Å². The highest BCUT2D eigenvalue weighted by Crippen LogP contribution is 2.21. The quantitative estimate of drug-likeness (QED) is 0.843. The normalized spacial score (nSPS) is 10.3. The molecule has 19 heavy (non-hydrogen) atoms. The molecule has 2 rings (SSSR count). The lowest BCUT2D eigenvalue weighted by Crippen LogP contribution is -2.14. The Morgan fingerprint density at radius 1 is 1.11 bits per heavy atom. The molecule has 0 aliphatic carbocycles. The van der Waals surface area contributed by atoms with E-state index in [-0.39, 0.29) is 5.91 Å². The number of rotatable bonds is 3. The summed E-state index contributed by atoms with van der Waals surface area (Å²) in [5, 5.41) is 2.87. The molecule has 0 spiro atoms. The van der Waals surface area contributed by atoms with Crippen LogP contribution in [-0.4, -0.2) is 5.91 Å². The van der Waals surface area contributed by atoms with Crippen molar-refractivity contribution in [3.05, 3.63) is 62.5 Å². The molecular formula is C14H12Br2N2O. The van der Waals surface area contributed by atoms with Crippen molar-refractivity contribution in [2.24, 2.45) is 5.73 Å². The number of benzene rings is 2. The van der Waals surface area contributed by atoms with Gasteiger partial charge >= 0.3 is 0 Å². The Kier molecular flexibility index (Phi) is 4.74. The highest BCUT2D eigenvalue weighted by atomic mass is 79.9. The Bertz CT molecular complexity index is 594. The summed E-state index contributed by atoms with van der Waals surface area (Å²) in [6.45, 7) is 0.388. The first-order valence-electron chi connectivity index (χ1n) is 5.65. The van der Waals surface area contributed by atoms with Crippen molar-refractivity contribution in [3.63, 3.8) is 0 Å². The van der Waals surface area contributed by atoms with E-state index < -0.39 is 0 Å². The summed E-state index contributed by atoms with van der Waals surface area (Å²) in [7, 11) is 0. The highest BCUT2D eigenvalue weighted by molar-refractivity contribution is 9.11. The van der Waals surface area contributed by atoms with Crippen molar-refractivity contribution < 1.29 is 4.79 Å². The minimum atomic E-state index is -0.164. The van der Waals surface area contributed by atoms with Gasteiger partial charge in [-0.05, 0) is 29.8 Å². The number of nitrogens with one attached hydrogen (secondary N) is 1. The van der Waals surface area contributed by atoms with E-state index in [1.807, 2.05) is 30.3 Å². The van der Waals surface area contributed by atoms with Gasteiger partial charge in [-0.1, -0.05) is 50.1 Å². The molecule has 0 saturated heterocycles. The second-order valence-electron chi connectivity index (χ2n) is 3.97. The molecule has 3 nitrogen and oxygen atoms in total. The number of para-hydroxylation sites is 1. The van der Waals surface area contributed by atoms with Gasteiger partial charge in [-0.2, -0.15) is 0 Å². The fourth-order valence-electron chi connectivity index (χ4n) is 1.70. The molecule has 0 saturated carbocycles. The first kappa shape index (κ1) is 14.2. The highest BCUT2D eigenvalue weighted by Gasteiger charge is 2.09. The molecule has 0 aromatic heterocycles. The number of hydrogen-bond acceptors (Lipinski definition) is 2. The summed E-state index contributed by atoms with van der Waals surface area (Å²) >= 11 is 6.73. The van der Waals surface area contributed by atoms with Crippen LogP contribution >= 0.6 is 31.9 Å². The van der Waals surface area contributed by atoms with E-state index in [9.17, 15) is 4.79 Å². The summed E-state index contributed by atoms with van der Waals surface area (Å²) in [4.78, 5) is 12.2. The number of carbonyl (C=O) groups is 1. The molecule has 0 unspecified atom stereocenters. The van der Waals surface area contributed by atoms with Crippen LogP contribution in [0.2, 0.25) is 0 Å². The molecule has 0 bridgehead atoms. The zero-order valence-electron chi connectivity index (χ0n) is 9.99. The van der Waals surface area contributed by atoms with Crippen LogP contribution in [0.4, 0.5) is 5.69 Å². The van der Waals surface area contributed by atoms with Crippen LogP contribution in [0.5, 0.6) is 0 Å². The summed E-state index contributed by atoms with van der Waals surface area (Å²) < 4.78 is 1.69. The molecule has 3 N–H and O–H groups in total. The molecule has 0 aliphatic rings. The maximum Gasteiger partial charge on any atom is 0.255 e. The van der Waals surface area contributed by atoms with Crippen LogP contribution < -0.4 is 11.1 Å². The predicted octanol–water partition coefficient (Wildman–Crippen LogP) is 3.92. The van der Waals surface area contributed by atoms with Crippen molar-refractivity contribution >= 4 is 43.5 Å². The summed E-state index contributed by atoms with van der Waals surface area (Å²) in [5.74, 6) is -0.164. The lowest BCUT2D eigenvalue weighted by Gasteiger charge is -2.10. The first-order valence-corrected chi connectivity index (χ1v) is 7.24. The predicted molar refractivity (Wildman–Crippen MR) is 84.1 cm³/mol. The molecular weight excluding hydrogens is 372 g/mol. The number of nitrogens with two attached hydrogens (primary N) is 1. The monoisotopic (exact) mass is 382 g/mol. The van der Waals surface area contributed by atoms with Crippen LogP contribution in [0.3, 0.4) is 0 Å². The zero-order chi connectivity index (χ0) is 13.8. The Balaban J connectivity index is 2.25. The van der Waals surface area contributed by atoms with Crippen LogP contribution in [0.15, 0.2) is 51.4 Å². The smallest absolute Gasteiger partial charge is 0.255 e. The van der Waals surface area contributed by atoms with E-state index in [0.717, 1.165) is 20.2 Å². The average Bonchev–Trinajstić information content (AvgIpc) is 2.38. The molecule has 1 amide bonds. The van der Waals surface area contributed by atoms with E-state index in [0.29, 0.717) is 12.1 Å². The molecule has 5 heteroatoms. The van der Waals surface area contributed by atoms with Gasteiger partial charge < -0.3 is 11.1 Å². The van der Waals surface area contributed by atoms with Gasteiger partial charge in [0.05, 0.1) is 0 Å². The van der Waals surface area contributed by atoms with Gasteiger partial charge in [0.2, 0.25) is 0 Å². The Labute approximate surface area is 128 Å². The van der Waals surface area contributed by atoms with E-state index in [4.69, 9.17) is 5.73 Å². The Hall–Kier alpha value is -1.17. The second kappa shape index (κ2) is 6.32. The van der Waals surface area contributed by atoms with Gasteiger partial charge in [-0.15, -0.1) is 0 Å². The third kappa shape index (κ3) is 3.65. The number of amides is 1. The van der Waals surface area contributed by atoms with Crippen molar-refractivity contribution in [1.29, 1.82) is 0 Å². The fourth-order valence-corrected chi connectivity index (χ4v) is 2.99. The van der Waals surface area contributed by atoms with Gasteiger partial charge in [0.15, 0.2) is 0 Å². The number of halogens is 2. The summed E-state index contributed by atoms with van der Waals surface area (Å²) in [6.07, 6.45) is 0. The maximum atomic E-state index is 12.2. The largest absolute Gasteiger partial charge is 0.326 e. The topological polar surface area (TPSA) is 55.1 Å². The molecule has 0 fully saturated rings. The first-order chi connectivity index (χ1) is 9.10. The minimum absolute atomic E-state index is 0.164. The van der Waals surface area contributed by atoms with Gasteiger partial charge in [0.25, 0.3) is 5.91 Å². The lowest BCUT2D eigenvalue weighted by molar-refractivity contribution is 0.102. The van der Waals surface area contributed by atoms with Crippen molar-refractivity contribution in [3.8, 4) is 0 Å². The molecule has 2 aromatic carbocycles. The van der Waals surface area contributed by atoms with Crippen molar-refractivity contribution in [1.82, 2.24) is 0 Å². The third-order valence-corrected chi connectivity index (χ3v) is 3.53. The fraction of sp³-hybridized carbons (Fsp3) is 0.0714. The Morgan fingerprint density at radius 2 is 1.74 bits per heavy atom. The van der Waals surface area contributed by atoms with Gasteiger partial charge in [-0.3, -0.25) is 4.79 Å². The zero-order valence-corrected chi connectivity index (χ0v) is 13.2. The Morgan fingerprint density at radius 3 is 2.37 bits per heavy atom. The van der Waals surface area contributed by atoms with Crippen LogP contribution in [0, 0.1) is 0 Å². The summed E-state index contributed by atoms with van der Waals surface area (Å²) in [5.41, 5.74) is 7.87. The molecule has 0 aliphatic heterocycles. The summed E-state index contributed by atoms with van der Waals surface area (Å²) in [6, 6.07) is 12.9. The van der Waals surface area contributed by atoms with Gasteiger partial charge in [0, 0.05) is 26.7 Å². The third-order valence-electron chi connectivity index (χ3n) is 2.61. The second-order valence-corrected chi connectivity index (χ2v) is 5.80. The number of anilines is 1. The minimum Gasteiger partial charge on any atom is -0.326 e. The number of hydrogen-bond donors (Lipinski definition) is 2. The lowest BCUT2D eigenvalue weighted by atomic mass is 10.1. The molecule has 2 aromatic rings. The molecule has 0 heterocycles. The maximum absolute atomic E-state index is 12.2. The van der Waals surface area contributed by atoms with E-state index in [1.54, 1.807) is 12.1 Å².